The Morgan fingerprint density at radius 1 is 0.966 bits per heavy atom. The number of ether oxygens (including phenoxy) is 2. The van der Waals surface area contributed by atoms with Crippen molar-refractivity contribution in [2.75, 3.05) is 14.2 Å². The molecular formula is C21H21N5O3. The Bertz CT molecular complexity index is 1130. The average Bonchev–Trinajstić information content (AvgIpc) is 3.36. The van der Waals surface area contributed by atoms with Crippen LogP contribution in [-0.2, 0) is 6.54 Å². The van der Waals surface area contributed by atoms with E-state index in [0.29, 0.717) is 35.5 Å². The van der Waals surface area contributed by atoms with Gasteiger partial charge in [0, 0.05) is 5.56 Å². The molecule has 0 bridgehead atoms. The number of aryl methyl sites for hydroxylation is 1. The van der Waals surface area contributed by atoms with E-state index in [9.17, 15) is 0 Å². The summed E-state index contributed by atoms with van der Waals surface area (Å²) in [7, 11) is 3.17. The molecule has 4 rings (SSSR count). The molecule has 0 fully saturated rings. The second-order valence-electron chi connectivity index (χ2n) is 6.66. The molecular weight excluding hydrogens is 370 g/mol. The van der Waals surface area contributed by atoms with Gasteiger partial charge in [0.05, 0.1) is 26.5 Å². The molecule has 0 saturated carbocycles. The van der Waals surface area contributed by atoms with Gasteiger partial charge in [-0.3, -0.25) is 0 Å². The Morgan fingerprint density at radius 3 is 2.45 bits per heavy atom. The number of hydrogen-bond donors (Lipinski definition) is 0. The van der Waals surface area contributed by atoms with Crippen LogP contribution in [0.1, 0.15) is 16.8 Å². The molecule has 148 valence electrons. The van der Waals surface area contributed by atoms with Crippen molar-refractivity contribution in [3.8, 4) is 34.5 Å². The monoisotopic (exact) mass is 391 g/mol. The Hall–Kier alpha value is -3.68. The second-order valence-corrected chi connectivity index (χ2v) is 6.66. The molecule has 0 spiro atoms. The van der Waals surface area contributed by atoms with Crippen LogP contribution in [0, 0.1) is 13.8 Å². The minimum absolute atomic E-state index is 0.369. The number of nitrogens with zero attached hydrogens (tertiary/aromatic N) is 5. The van der Waals surface area contributed by atoms with Crippen molar-refractivity contribution in [2.45, 2.75) is 20.4 Å². The Morgan fingerprint density at radius 2 is 1.72 bits per heavy atom. The average molecular weight is 391 g/mol. The maximum atomic E-state index is 5.44. The summed E-state index contributed by atoms with van der Waals surface area (Å²) < 4.78 is 17.9. The standard InChI is InChI=1S/C21H21N5O3/c1-13-5-7-15(8-6-13)12-26-14(2)19(23-25-26)20-22-21(29-24-20)16-9-10-17(27-3)18(11-16)28-4/h5-11H,12H2,1-4H3. The van der Waals surface area contributed by atoms with E-state index >= 15 is 0 Å². The quantitative estimate of drug-likeness (QED) is 0.495. The van der Waals surface area contributed by atoms with Crippen molar-refractivity contribution in [1.82, 2.24) is 25.1 Å². The van der Waals surface area contributed by atoms with Crippen molar-refractivity contribution in [3.05, 3.63) is 59.3 Å². The van der Waals surface area contributed by atoms with E-state index in [1.807, 2.05) is 17.7 Å². The normalized spacial score (nSPS) is 10.9. The molecule has 0 atom stereocenters. The number of hydrogen-bond acceptors (Lipinski definition) is 7. The van der Waals surface area contributed by atoms with E-state index in [0.717, 1.165) is 16.8 Å². The highest BCUT2D eigenvalue weighted by Gasteiger charge is 2.19. The van der Waals surface area contributed by atoms with E-state index in [1.165, 1.54) is 5.56 Å². The molecule has 2 aromatic heterocycles. The summed E-state index contributed by atoms with van der Waals surface area (Å²) in [5.41, 5.74) is 4.55. The highest BCUT2D eigenvalue weighted by molar-refractivity contribution is 5.62. The topological polar surface area (TPSA) is 88.1 Å². The summed E-state index contributed by atoms with van der Waals surface area (Å²) in [6.07, 6.45) is 0. The SMILES string of the molecule is COc1ccc(-c2nc(-c3nnn(Cc4ccc(C)cc4)c3C)no2)cc1OC. The minimum atomic E-state index is 0.369. The third-order valence-corrected chi connectivity index (χ3v) is 4.70. The van der Waals surface area contributed by atoms with Gasteiger partial charge in [-0.1, -0.05) is 40.2 Å². The molecule has 0 unspecified atom stereocenters. The van der Waals surface area contributed by atoms with Crippen LogP contribution >= 0.6 is 0 Å². The molecule has 29 heavy (non-hydrogen) atoms. The van der Waals surface area contributed by atoms with E-state index < -0.39 is 0 Å². The van der Waals surface area contributed by atoms with E-state index in [4.69, 9.17) is 14.0 Å². The summed E-state index contributed by atoms with van der Waals surface area (Å²) >= 11 is 0. The van der Waals surface area contributed by atoms with Gasteiger partial charge in [-0.05, 0) is 37.6 Å². The van der Waals surface area contributed by atoms with Crippen LogP contribution in [-0.4, -0.2) is 39.4 Å². The lowest BCUT2D eigenvalue weighted by Gasteiger charge is -2.07. The first-order chi connectivity index (χ1) is 14.1. The fraction of sp³-hybridized carbons (Fsp3) is 0.238. The second kappa shape index (κ2) is 7.75. The van der Waals surface area contributed by atoms with Crippen LogP contribution < -0.4 is 9.47 Å². The fourth-order valence-corrected chi connectivity index (χ4v) is 2.99. The summed E-state index contributed by atoms with van der Waals surface area (Å²) in [6, 6.07) is 13.7. The Labute approximate surface area is 168 Å². The smallest absolute Gasteiger partial charge is 0.258 e. The van der Waals surface area contributed by atoms with Gasteiger partial charge in [0.2, 0.25) is 5.82 Å². The predicted molar refractivity (Wildman–Crippen MR) is 107 cm³/mol. The fourth-order valence-electron chi connectivity index (χ4n) is 2.99. The molecule has 0 aliphatic carbocycles. The van der Waals surface area contributed by atoms with Crippen LogP contribution in [0.3, 0.4) is 0 Å². The van der Waals surface area contributed by atoms with Gasteiger partial charge < -0.3 is 14.0 Å². The van der Waals surface area contributed by atoms with Gasteiger partial charge in [0.1, 0.15) is 0 Å². The van der Waals surface area contributed by atoms with Gasteiger partial charge in [0.15, 0.2) is 17.2 Å². The highest BCUT2D eigenvalue weighted by Crippen LogP contribution is 2.32. The number of benzene rings is 2. The van der Waals surface area contributed by atoms with Crippen molar-refractivity contribution in [1.29, 1.82) is 0 Å². The maximum Gasteiger partial charge on any atom is 0.258 e. The summed E-state index contributed by atoms with van der Waals surface area (Å²) in [6.45, 7) is 4.63. The lowest BCUT2D eigenvalue weighted by molar-refractivity contribution is 0.355. The molecule has 2 aromatic carbocycles. The van der Waals surface area contributed by atoms with Crippen molar-refractivity contribution in [3.63, 3.8) is 0 Å². The van der Waals surface area contributed by atoms with E-state index in [1.54, 1.807) is 26.4 Å². The first kappa shape index (κ1) is 18.7. The van der Waals surface area contributed by atoms with Gasteiger partial charge in [-0.25, -0.2) is 4.68 Å². The summed E-state index contributed by atoms with van der Waals surface area (Å²) in [5.74, 6) is 1.98. The molecule has 0 aliphatic heterocycles. The van der Waals surface area contributed by atoms with Crippen molar-refractivity contribution >= 4 is 0 Å². The zero-order chi connectivity index (χ0) is 20.4. The summed E-state index contributed by atoms with van der Waals surface area (Å²) in [4.78, 5) is 4.48. The highest BCUT2D eigenvalue weighted by atomic mass is 16.5. The number of methoxy groups -OCH3 is 2. The molecule has 8 nitrogen and oxygen atoms in total. The molecule has 0 saturated heterocycles. The summed E-state index contributed by atoms with van der Waals surface area (Å²) in [5, 5.41) is 12.6. The lowest BCUT2D eigenvalue weighted by atomic mass is 10.1. The zero-order valence-electron chi connectivity index (χ0n) is 16.7. The molecule has 0 N–H and O–H groups in total. The van der Waals surface area contributed by atoms with Crippen LogP contribution in [0.15, 0.2) is 47.0 Å². The van der Waals surface area contributed by atoms with Crippen LogP contribution in [0.2, 0.25) is 0 Å². The third kappa shape index (κ3) is 3.69. The number of rotatable bonds is 6. The Balaban J connectivity index is 1.60. The third-order valence-electron chi connectivity index (χ3n) is 4.70. The van der Waals surface area contributed by atoms with Gasteiger partial charge in [-0.15, -0.1) is 5.10 Å². The molecule has 4 aromatic rings. The molecule has 0 aliphatic rings. The zero-order valence-corrected chi connectivity index (χ0v) is 16.7. The van der Waals surface area contributed by atoms with Crippen molar-refractivity contribution < 1.29 is 14.0 Å². The first-order valence-corrected chi connectivity index (χ1v) is 9.11. The first-order valence-electron chi connectivity index (χ1n) is 9.11. The largest absolute Gasteiger partial charge is 0.493 e. The van der Waals surface area contributed by atoms with Gasteiger partial charge in [0.25, 0.3) is 5.89 Å². The lowest BCUT2D eigenvalue weighted by Crippen LogP contribution is -2.04. The number of aromatic nitrogens is 5. The predicted octanol–water partition coefficient (Wildman–Crippen LogP) is 3.68. The van der Waals surface area contributed by atoms with E-state index in [2.05, 4.69) is 51.6 Å². The van der Waals surface area contributed by atoms with Gasteiger partial charge in [-0.2, -0.15) is 4.98 Å². The van der Waals surface area contributed by atoms with Crippen LogP contribution in [0.25, 0.3) is 23.0 Å². The van der Waals surface area contributed by atoms with E-state index in [-0.39, 0.29) is 0 Å². The Kier molecular flexibility index (Phi) is 4.99. The molecule has 2 heterocycles. The molecule has 0 radical (unpaired) electrons. The van der Waals surface area contributed by atoms with Crippen LogP contribution in [0.4, 0.5) is 0 Å². The maximum absolute atomic E-state index is 5.44. The van der Waals surface area contributed by atoms with Crippen molar-refractivity contribution in [2.24, 2.45) is 0 Å². The van der Waals surface area contributed by atoms with Gasteiger partial charge >= 0.3 is 0 Å². The van der Waals surface area contributed by atoms with Crippen LogP contribution in [0.5, 0.6) is 11.5 Å². The molecule has 0 amide bonds. The minimum Gasteiger partial charge on any atom is -0.493 e. The molecule has 8 heteroatoms.